The third-order valence-corrected chi connectivity index (χ3v) is 11.2. The van der Waals surface area contributed by atoms with Crippen LogP contribution in [0.25, 0.3) is 0 Å². The first-order chi connectivity index (χ1) is 19.4. The van der Waals surface area contributed by atoms with E-state index in [4.69, 9.17) is 23.7 Å². The van der Waals surface area contributed by atoms with E-state index in [1.54, 1.807) is 36.4 Å². The van der Waals surface area contributed by atoms with Crippen molar-refractivity contribution in [1.82, 2.24) is 0 Å². The molecule has 2 aliphatic carbocycles. The molecule has 2 aromatic carbocycles. The standard InChI is InChI=1S/C33H38O8/c1-19-20(2)32-28(39-32)33(36)24(30(32,5)25(19)38-27(35)23-14-10-7-11-15-23)21(3)31(41-33)17-16-29(4,40-31)18-37-26(34)22-12-8-6-9-13-22/h6-15,19-21,24-25,28,36H,16-18H2,1-5H3/t19?,20?,21-,24+,25+,28+,29-,30-,31+,32-,33+/m0/s1. The number of carbonyl (C=O) groups is 2. The van der Waals surface area contributed by atoms with Crippen molar-refractivity contribution in [2.24, 2.45) is 29.1 Å². The van der Waals surface area contributed by atoms with Crippen molar-refractivity contribution in [2.75, 3.05) is 6.61 Å². The summed E-state index contributed by atoms with van der Waals surface area (Å²) in [7, 11) is 0. The number of hydrogen-bond acceptors (Lipinski definition) is 8. The molecule has 8 nitrogen and oxygen atoms in total. The van der Waals surface area contributed by atoms with E-state index >= 15 is 0 Å². The highest BCUT2D eigenvalue weighted by molar-refractivity contribution is 5.90. The van der Waals surface area contributed by atoms with Gasteiger partial charge in [0.25, 0.3) is 0 Å². The van der Waals surface area contributed by atoms with Crippen molar-refractivity contribution in [3.05, 3.63) is 71.8 Å². The zero-order chi connectivity index (χ0) is 29.0. The fourth-order valence-electron chi connectivity index (χ4n) is 9.17. The molecule has 7 rings (SSSR count). The Morgan fingerprint density at radius 3 is 2.12 bits per heavy atom. The van der Waals surface area contributed by atoms with Crippen LogP contribution in [-0.4, -0.2) is 58.6 Å². The lowest BCUT2D eigenvalue weighted by atomic mass is 9.65. The van der Waals surface area contributed by atoms with Crippen molar-refractivity contribution in [3.8, 4) is 0 Å². The second kappa shape index (κ2) is 8.63. The topological polar surface area (TPSA) is 104 Å². The van der Waals surface area contributed by atoms with Crippen LogP contribution in [0.15, 0.2) is 60.7 Å². The normalized spacial score (nSPS) is 47.1. The van der Waals surface area contributed by atoms with Gasteiger partial charge in [-0.3, -0.25) is 0 Å². The molecule has 0 amide bonds. The second-order valence-corrected chi connectivity index (χ2v) is 13.3. The summed E-state index contributed by atoms with van der Waals surface area (Å²) < 4.78 is 31.7. The Morgan fingerprint density at radius 1 is 0.878 bits per heavy atom. The van der Waals surface area contributed by atoms with E-state index < -0.39 is 52.3 Å². The largest absolute Gasteiger partial charge is 0.459 e. The molecular formula is C33H38O8. The van der Waals surface area contributed by atoms with Gasteiger partial charge in [-0.05, 0) is 49.4 Å². The van der Waals surface area contributed by atoms with Gasteiger partial charge in [0.05, 0.1) is 11.1 Å². The summed E-state index contributed by atoms with van der Waals surface area (Å²) in [5.74, 6) is -4.06. The van der Waals surface area contributed by atoms with E-state index in [1.807, 2.05) is 31.2 Å². The van der Waals surface area contributed by atoms with Crippen LogP contribution >= 0.6 is 0 Å². The van der Waals surface area contributed by atoms with Crippen LogP contribution in [0.5, 0.6) is 0 Å². The molecule has 2 spiro atoms. The molecule has 2 unspecified atom stereocenters. The van der Waals surface area contributed by atoms with E-state index in [-0.39, 0.29) is 30.3 Å². The number of esters is 2. The van der Waals surface area contributed by atoms with Crippen LogP contribution in [0.3, 0.4) is 0 Å². The molecule has 11 atom stereocenters. The maximum absolute atomic E-state index is 13.3. The first kappa shape index (κ1) is 27.1. The predicted octanol–water partition coefficient (Wildman–Crippen LogP) is 4.75. The first-order valence-corrected chi connectivity index (χ1v) is 14.7. The smallest absolute Gasteiger partial charge is 0.338 e. The van der Waals surface area contributed by atoms with Crippen molar-refractivity contribution in [1.29, 1.82) is 0 Å². The van der Waals surface area contributed by atoms with Crippen LogP contribution in [0.4, 0.5) is 0 Å². The Hall–Kier alpha value is -2.78. The van der Waals surface area contributed by atoms with Gasteiger partial charge in [0.15, 0.2) is 5.79 Å². The molecule has 3 aliphatic heterocycles. The number of epoxide rings is 1. The summed E-state index contributed by atoms with van der Waals surface area (Å²) in [6.07, 6.45) is 0.0856. The van der Waals surface area contributed by atoms with Gasteiger partial charge < -0.3 is 28.8 Å². The Bertz CT molecular complexity index is 1380. The molecular weight excluding hydrogens is 524 g/mol. The molecule has 41 heavy (non-hydrogen) atoms. The molecule has 218 valence electrons. The van der Waals surface area contributed by atoms with Crippen molar-refractivity contribution >= 4 is 11.9 Å². The van der Waals surface area contributed by atoms with E-state index in [0.29, 0.717) is 24.0 Å². The highest BCUT2D eigenvalue weighted by Gasteiger charge is 2.95. The van der Waals surface area contributed by atoms with E-state index in [2.05, 4.69) is 27.7 Å². The lowest BCUT2D eigenvalue weighted by molar-refractivity contribution is -0.327. The molecule has 3 heterocycles. The fraction of sp³-hybridized carbons (Fsp3) is 0.576. The van der Waals surface area contributed by atoms with Crippen molar-refractivity contribution < 1.29 is 38.4 Å². The van der Waals surface area contributed by atoms with Crippen molar-refractivity contribution in [2.45, 2.75) is 82.4 Å². The third-order valence-electron chi connectivity index (χ3n) is 11.2. The van der Waals surface area contributed by atoms with Gasteiger partial charge in [0, 0.05) is 23.7 Å². The Balaban J connectivity index is 1.15. The lowest BCUT2D eigenvalue weighted by Gasteiger charge is -2.42. The number of rotatable bonds is 5. The first-order valence-electron chi connectivity index (χ1n) is 14.7. The van der Waals surface area contributed by atoms with E-state index in [1.165, 1.54) is 0 Å². The molecule has 2 aromatic rings. The third kappa shape index (κ3) is 3.42. The van der Waals surface area contributed by atoms with Crippen molar-refractivity contribution in [3.63, 3.8) is 0 Å². The van der Waals surface area contributed by atoms with Gasteiger partial charge >= 0.3 is 11.9 Å². The van der Waals surface area contributed by atoms with Crippen LogP contribution in [0.2, 0.25) is 0 Å². The van der Waals surface area contributed by atoms with E-state index in [9.17, 15) is 14.7 Å². The van der Waals surface area contributed by atoms with Gasteiger partial charge in [-0.1, -0.05) is 64.1 Å². The summed E-state index contributed by atoms with van der Waals surface area (Å²) in [6.45, 7) is 10.3. The molecule has 0 aromatic heterocycles. The molecule has 8 heteroatoms. The zero-order valence-electron chi connectivity index (χ0n) is 24.2. The Kier molecular flexibility index (Phi) is 5.70. The average molecular weight is 563 g/mol. The van der Waals surface area contributed by atoms with Gasteiger partial charge in [0.1, 0.15) is 30.0 Å². The molecule has 5 fully saturated rings. The van der Waals surface area contributed by atoms with Gasteiger partial charge in [-0.15, -0.1) is 0 Å². The minimum absolute atomic E-state index is 0.0122. The predicted molar refractivity (Wildman–Crippen MR) is 147 cm³/mol. The number of fused-ring (bicyclic) bond motifs is 3. The van der Waals surface area contributed by atoms with Crippen LogP contribution in [0, 0.1) is 29.1 Å². The Morgan fingerprint density at radius 2 is 1.49 bits per heavy atom. The average Bonchev–Trinajstić information content (AvgIpc) is 3.52. The fourth-order valence-corrected chi connectivity index (χ4v) is 9.17. The quantitative estimate of drug-likeness (QED) is 0.412. The van der Waals surface area contributed by atoms with Crippen LogP contribution in [-0.2, 0) is 23.7 Å². The molecule has 0 radical (unpaired) electrons. The summed E-state index contributed by atoms with van der Waals surface area (Å²) in [6, 6.07) is 17.9. The van der Waals surface area contributed by atoms with Crippen LogP contribution < -0.4 is 0 Å². The maximum Gasteiger partial charge on any atom is 0.338 e. The SMILES string of the molecule is CC1C(C)[C@]23O[C@H]2[C@]2(O)O[C@]4(CC[C@@](C)(COC(=O)c5ccccc5)O4)[C@@H](C)[C@@H]2[C@@]3(C)[C@@H]1OC(=O)c1ccccc1. The van der Waals surface area contributed by atoms with E-state index in [0.717, 1.165) is 0 Å². The van der Waals surface area contributed by atoms with Gasteiger partial charge in [-0.25, -0.2) is 9.59 Å². The summed E-state index contributed by atoms with van der Waals surface area (Å²) in [5.41, 5.74) is -1.18. The number of benzene rings is 2. The van der Waals surface area contributed by atoms with Gasteiger partial charge in [-0.2, -0.15) is 0 Å². The maximum atomic E-state index is 13.3. The molecule has 5 aliphatic rings. The van der Waals surface area contributed by atoms with Crippen LogP contribution in [0.1, 0.15) is 68.2 Å². The zero-order valence-corrected chi connectivity index (χ0v) is 24.2. The number of carbonyl (C=O) groups excluding carboxylic acids is 2. The molecule has 3 saturated heterocycles. The molecule has 2 saturated carbocycles. The minimum Gasteiger partial charge on any atom is -0.459 e. The summed E-state index contributed by atoms with van der Waals surface area (Å²) >= 11 is 0. The highest BCUT2D eigenvalue weighted by Crippen LogP contribution is 2.81. The monoisotopic (exact) mass is 562 g/mol. The summed E-state index contributed by atoms with van der Waals surface area (Å²) in [5, 5.41) is 12.3. The highest BCUT2D eigenvalue weighted by atomic mass is 16.8. The molecule has 0 bridgehead atoms. The number of aliphatic hydroxyl groups is 1. The molecule has 1 N–H and O–H groups in total. The summed E-state index contributed by atoms with van der Waals surface area (Å²) in [4.78, 5) is 25.9. The second-order valence-electron chi connectivity index (χ2n) is 13.3. The number of hydrogen-bond donors (Lipinski definition) is 1. The number of ether oxygens (including phenoxy) is 5. The Labute approximate surface area is 240 Å². The van der Waals surface area contributed by atoms with Gasteiger partial charge in [0.2, 0.25) is 5.79 Å². The lowest BCUT2D eigenvalue weighted by Crippen LogP contribution is -2.51. The minimum atomic E-state index is -1.59.